The van der Waals surface area contributed by atoms with E-state index in [9.17, 15) is 4.79 Å². The second-order valence-electron chi connectivity index (χ2n) is 5.69. The van der Waals surface area contributed by atoms with Crippen LogP contribution in [0.5, 0.6) is 0 Å². The molecule has 0 atom stereocenters. The molecule has 0 amide bonds. The lowest BCUT2D eigenvalue weighted by molar-refractivity contribution is -0.694. The van der Waals surface area contributed by atoms with Gasteiger partial charge in [0.15, 0.2) is 18.9 Å². The number of ether oxygens (including phenoxy) is 1. The number of nitrogens with two attached hydrogens (primary N) is 1. The summed E-state index contributed by atoms with van der Waals surface area (Å²) in [5.74, 6) is -0.422. The number of esters is 1. The van der Waals surface area contributed by atoms with Crippen molar-refractivity contribution in [1.82, 2.24) is 5.16 Å². The Labute approximate surface area is 123 Å². The van der Waals surface area contributed by atoms with Gasteiger partial charge in [0.05, 0.1) is 6.54 Å². The van der Waals surface area contributed by atoms with Crippen LogP contribution in [0.2, 0.25) is 0 Å². The molecule has 0 radical (unpaired) electrons. The fraction of sp³-hybridized carbons (Fsp3) is 0.400. The molecule has 21 heavy (non-hydrogen) atoms. The van der Waals surface area contributed by atoms with Crippen LogP contribution in [0.3, 0.4) is 0 Å². The molecule has 0 saturated carbocycles. The van der Waals surface area contributed by atoms with Gasteiger partial charge in [0.2, 0.25) is 5.76 Å². The maximum Gasteiger partial charge on any atom is 0.377 e. The largest absolute Gasteiger partial charge is 0.454 e. The van der Waals surface area contributed by atoms with Gasteiger partial charge in [-0.05, 0) is 20.8 Å². The van der Waals surface area contributed by atoms with E-state index < -0.39 is 11.6 Å². The predicted molar refractivity (Wildman–Crippen MR) is 76.4 cm³/mol. The molecule has 6 heteroatoms. The van der Waals surface area contributed by atoms with Crippen LogP contribution < -0.4 is 10.3 Å². The molecule has 0 spiro atoms. The van der Waals surface area contributed by atoms with E-state index in [1.165, 1.54) is 0 Å². The van der Waals surface area contributed by atoms with E-state index in [0.29, 0.717) is 12.2 Å². The predicted octanol–water partition coefficient (Wildman–Crippen LogP) is 1.54. The number of hydrogen-bond acceptors (Lipinski definition) is 5. The number of carbonyl (C=O) groups excluding carboxylic acids is 1. The van der Waals surface area contributed by atoms with Gasteiger partial charge in [-0.1, -0.05) is 5.16 Å². The monoisotopic (exact) mass is 290 g/mol. The first kappa shape index (κ1) is 15.2. The maximum atomic E-state index is 11.9. The van der Waals surface area contributed by atoms with Crippen LogP contribution in [0, 0.1) is 0 Å². The molecular formula is C15H20N3O3+. The van der Waals surface area contributed by atoms with Crippen LogP contribution in [0.1, 0.15) is 31.3 Å². The molecule has 2 N–H and O–H groups in total. The third-order valence-electron chi connectivity index (χ3n) is 2.68. The van der Waals surface area contributed by atoms with Crippen molar-refractivity contribution < 1.29 is 18.6 Å². The van der Waals surface area contributed by atoms with Crippen molar-refractivity contribution in [2.45, 2.75) is 32.9 Å². The van der Waals surface area contributed by atoms with Crippen LogP contribution in [0.15, 0.2) is 35.1 Å². The summed E-state index contributed by atoms with van der Waals surface area (Å²) < 4.78 is 12.3. The van der Waals surface area contributed by atoms with Gasteiger partial charge >= 0.3 is 5.97 Å². The third-order valence-corrected chi connectivity index (χ3v) is 2.68. The summed E-state index contributed by atoms with van der Waals surface area (Å²) in [5, 5.41) is 3.90. The zero-order chi connectivity index (χ0) is 15.5. The van der Waals surface area contributed by atoms with Gasteiger partial charge in [0, 0.05) is 23.8 Å². The van der Waals surface area contributed by atoms with Gasteiger partial charge in [0.25, 0.3) is 0 Å². The summed E-state index contributed by atoms with van der Waals surface area (Å²) in [4.78, 5) is 11.9. The smallest absolute Gasteiger partial charge is 0.377 e. The Balaban J connectivity index is 2.14. The molecule has 0 saturated heterocycles. The molecule has 2 heterocycles. The Hall–Kier alpha value is -2.21. The number of pyridine rings is 1. The fourth-order valence-electron chi connectivity index (χ4n) is 1.76. The van der Waals surface area contributed by atoms with Crippen molar-refractivity contribution in [3.05, 3.63) is 36.4 Å². The standard InChI is InChI=1S/C15H20N3O3/c1-15(2,3)20-14(19)13-10-12(17-21-13)11-4-7-18(8-5-11)9-6-16/h4-5,7-8,10H,6,9,16H2,1-3H3/q+1. The Bertz CT molecular complexity index is 612. The molecule has 0 aliphatic heterocycles. The molecule has 0 fully saturated rings. The van der Waals surface area contributed by atoms with Crippen molar-refractivity contribution >= 4 is 5.97 Å². The van der Waals surface area contributed by atoms with E-state index in [0.717, 1.165) is 12.1 Å². The summed E-state index contributed by atoms with van der Waals surface area (Å²) in [6.45, 7) is 6.74. The van der Waals surface area contributed by atoms with Gasteiger partial charge in [-0.2, -0.15) is 0 Å². The van der Waals surface area contributed by atoms with E-state index in [-0.39, 0.29) is 5.76 Å². The highest BCUT2D eigenvalue weighted by molar-refractivity contribution is 5.87. The van der Waals surface area contributed by atoms with Crippen molar-refractivity contribution in [1.29, 1.82) is 0 Å². The van der Waals surface area contributed by atoms with Crippen molar-refractivity contribution in [2.24, 2.45) is 5.73 Å². The average Bonchev–Trinajstić information content (AvgIpc) is 2.88. The van der Waals surface area contributed by atoms with E-state index in [4.69, 9.17) is 15.0 Å². The van der Waals surface area contributed by atoms with Gasteiger partial charge in [-0.25, -0.2) is 9.36 Å². The summed E-state index contributed by atoms with van der Waals surface area (Å²) >= 11 is 0. The SMILES string of the molecule is CC(C)(C)OC(=O)c1cc(-c2cc[n+](CCN)cc2)no1. The third kappa shape index (κ3) is 4.13. The molecule has 0 aliphatic rings. The first-order chi connectivity index (χ1) is 9.89. The molecule has 2 aromatic heterocycles. The van der Waals surface area contributed by atoms with E-state index in [1.807, 2.05) is 29.1 Å². The lowest BCUT2D eigenvalue weighted by Crippen LogP contribution is -2.36. The summed E-state index contributed by atoms with van der Waals surface area (Å²) in [6.07, 6.45) is 3.81. The van der Waals surface area contributed by atoms with E-state index in [2.05, 4.69) is 5.16 Å². The van der Waals surface area contributed by atoms with Crippen LogP contribution >= 0.6 is 0 Å². The van der Waals surface area contributed by atoms with Crippen LogP contribution in [0.25, 0.3) is 11.3 Å². The number of rotatable bonds is 4. The highest BCUT2D eigenvalue weighted by Gasteiger charge is 2.22. The number of carbonyl (C=O) groups is 1. The zero-order valence-corrected chi connectivity index (χ0v) is 12.5. The lowest BCUT2D eigenvalue weighted by Gasteiger charge is -2.17. The Morgan fingerprint density at radius 2 is 2.05 bits per heavy atom. The fourth-order valence-corrected chi connectivity index (χ4v) is 1.76. The number of hydrogen-bond donors (Lipinski definition) is 1. The number of nitrogens with zero attached hydrogens (tertiary/aromatic N) is 2. The van der Waals surface area contributed by atoms with Gasteiger partial charge in [-0.3, -0.25) is 0 Å². The second-order valence-corrected chi connectivity index (χ2v) is 5.69. The van der Waals surface area contributed by atoms with Gasteiger partial charge in [0.1, 0.15) is 11.3 Å². The van der Waals surface area contributed by atoms with Crippen LogP contribution in [0.4, 0.5) is 0 Å². The summed E-state index contributed by atoms with van der Waals surface area (Å²) in [6, 6.07) is 5.37. The Morgan fingerprint density at radius 3 is 2.62 bits per heavy atom. The zero-order valence-electron chi connectivity index (χ0n) is 12.5. The Morgan fingerprint density at radius 1 is 1.38 bits per heavy atom. The minimum Gasteiger partial charge on any atom is -0.454 e. The van der Waals surface area contributed by atoms with Crippen molar-refractivity contribution in [3.63, 3.8) is 0 Å². The molecule has 0 unspecified atom stereocenters. The quantitative estimate of drug-likeness (QED) is 0.682. The minimum absolute atomic E-state index is 0.0959. The van der Waals surface area contributed by atoms with Gasteiger partial charge in [-0.15, -0.1) is 0 Å². The van der Waals surface area contributed by atoms with Crippen molar-refractivity contribution in [2.75, 3.05) is 6.54 Å². The molecule has 112 valence electrons. The summed E-state index contributed by atoms with van der Waals surface area (Å²) in [5.41, 5.74) is 6.39. The molecule has 6 nitrogen and oxygen atoms in total. The van der Waals surface area contributed by atoms with Crippen LogP contribution in [-0.2, 0) is 11.3 Å². The van der Waals surface area contributed by atoms with Gasteiger partial charge < -0.3 is 15.0 Å². The minimum atomic E-state index is -0.565. The molecular weight excluding hydrogens is 270 g/mol. The topological polar surface area (TPSA) is 82.2 Å². The normalized spacial score (nSPS) is 11.4. The molecule has 0 aromatic carbocycles. The van der Waals surface area contributed by atoms with E-state index in [1.54, 1.807) is 26.8 Å². The highest BCUT2D eigenvalue weighted by atomic mass is 16.6. The van der Waals surface area contributed by atoms with E-state index >= 15 is 0 Å². The van der Waals surface area contributed by atoms with Crippen molar-refractivity contribution in [3.8, 4) is 11.3 Å². The first-order valence-corrected chi connectivity index (χ1v) is 6.78. The Kier molecular flexibility index (Phi) is 4.37. The molecule has 2 rings (SSSR count). The first-order valence-electron chi connectivity index (χ1n) is 6.78. The second kappa shape index (κ2) is 6.05. The summed E-state index contributed by atoms with van der Waals surface area (Å²) in [7, 11) is 0. The molecule has 0 bridgehead atoms. The maximum absolute atomic E-state index is 11.9. The molecule has 2 aromatic rings. The molecule has 0 aliphatic carbocycles. The average molecular weight is 290 g/mol. The number of aromatic nitrogens is 2. The highest BCUT2D eigenvalue weighted by Crippen LogP contribution is 2.19. The van der Waals surface area contributed by atoms with Crippen LogP contribution in [-0.4, -0.2) is 23.3 Å². The lowest BCUT2D eigenvalue weighted by atomic mass is 10.2.